The van der Waals surface area contributed by atoms with Crippen molar-refractivity contribution in [1.29, 1.82) is 0 Å². The van der Waals surface area contributed by atoms with E-state index in [2.05, 4.69) is 21.3 Å². The molecule has 0 aromatic heterocycles. The van der Waals surface area contributed by atoms with Crippen LogP contribution in [0.1, 0.15) is 43.2 Å². The average molecular weight is 687 g/mol. The van der Waals surface area contributed by atoms with Gasteiger partial charge in [0.05, 0.1) is 26.2 Å². The predicted molar refractivity (Wildman–Crippen MR) is 180 cm³/mol. The van der Waals surface area contributed by atoms with Crippen LogP contribution in [0, 0.1) is 5.92 Å². The van der Waals surface area contributed by atoms with E-state index in [1.54, 1.807) is 18.2 Å². The van der Waals surface area contributed by atoms with Crippen LogP contribution in [0.3, 0.4) is 0 Å². The minimum absolute atomic E-state index is 0.0634. The molecule has 1 saturated heterocycles. The van der Waals surface area contributed by atoms with Gasteiger partial charge in [0.2, 0.25) is 28.7 Å². The number of thioether (sulfide) groups is 1. The molecule has 2 fully saturated rings. The number of hydrogen-bond acceptors (Lipinski definition) is 8. The van der Waals surface area contributed by atoms with E-state index in [-0.39, 0.29) is 63.4 Å². The van der Waals surface area contributed by atoms with E-state index in [1.807, 2.05) is 36.4 Å². The van der Waals surface area contributed by atoms with Crippen LogP contribution < -0.4 is 21.3 Å². The Morgan fingerprint density at radius 1 is 0.872 bits per heavy atom. The second-order valence-electron chi connectivity index (χ2n) is 11.8. The zero-order valence-electron chi connectivity index (χ0n) is 26.3. The van der Waals surface area contributed by atoms with Crippen molar-refractivity contribution in [2.45, 2.75) is 63.1 Å². The van der Waals surface area contributed by atoms with Gasteiger partial charge in [-0.25, -0.2) is 0 Å². The Bertz CT molecular complexity index is 1360. The molecule has 0 bridgehead atoms. The third kappa shape index (κ3) is 12.9. The summed E-state index contributed by atoms with van der Waals surface area (Å²) in [5.74, 6) is -1.54. The first-order valence-corrected chi connectivity index (χ1v) is 17.4. The smallest absolute Gasteiger partial charge is 0.246 e. The van der Waals surface area contributed by atoms with E-state index < -0.39 is 41.0 Å². The minimum Gasteiger partial charge on any atom is -0.377 e. The third-order valence-corrected chi connectivity index (χ3v) is 9.33. The molecule has 4 amide bonds. The van der Waals surface area contributed by atoms with E-state index in [0.717, 1.165) is 48.6 Å². The molecule has 2 aromatic carbocycles. The van der Waals surface area contributed by atoms with Crippen LogP contribution in [0.15, 0.2) is 54.6 Å². The lowest BCUT2D eigenvalue weighted by atomic mass is 9.97. The Hall–Kier alpha value is -3.45. The van der Waals surface area contributed by atoms with Crippen LogP contribution in [-0.2, 0) is 46.3 Å². The number of amides is 4. The SMILES string of the molecule is O=C1COCCOCCNC(=O)[C@H](NC(=O)Cc2ccccc2)CSC(=O)[C@H](Cc2cccc(Cl)c2)NC(=O)[C@H](CC2CCCC2)N1. The summed E-state index contributed by atoms with van der Waals surface area (Å²) < 4.78 is 11.0. The van der Waals surface area contributed by atoms with Crippen molar-refractivity contribution >= 4 is 52.1 Å². The number of ether oxygens (including phenoxy) is 2. The Balaban J connectivity index is 1.54. The van der Waals surface area contributed by atoms with E-state index in [9.17, 15) is 24.0 Å². The maximum atomic E-state index is 13.8. The summed E-state index contributed by atoms with van der Waals surface area (Å²) in [6.07, 6.45) is 4.72. The van der Waals surface area contributed by atoms with Gasteiger partial charge in [0.25, 0.3) is 0 Å². The summed E-state index contributed by atoms with van der Waals surface area (Å²) >= 11 is 7.07. The number of carbonyl (C=O) groups is 5. The van der Waals surface area contributed by atoms with Gasteiger partial charge in [0.1, 0.15) is 24.7 Å². The second kappa shape index (κ2) is 19.4. The van der Waals surface area contributed by atoms with Gasteiger partial charge in [-0.1, -0.05) is 91.5 Å². The molecule has 0 radical (unpaired) electrons. The van der Waals surface area contributed by atoms with Gasteiger partial charge in [0.15, 0.2) is 0 Å². The quantitative estimate of drug-likeness (QED) is 0.347. The van der Waals surface area contributed by atoms with Gasteiger partial charge in [-0.15, -0.1) is 0 Å². The molecule has 2 aromatic rings. The lowest BCUT2D eigenvalue weighted by Crippen LogP contribution is -2.53. The maximum Gasteiger partial charge on any atom is 0.246 e. The Morgan fingerprint density at radius 2 is 1.62 bits per heavy atom. The minimum atomic E-state index is -1.03. The molecule has 0 spiro atoms. The molecule has 4 rings (SSSR count). The molecule has 254 valence electrons. The van der Waals surface area contributed by atoms with Crippen LogP contribution in [0.2, 0.25) is 5.02 Å². The van der Waals surface area contributed by atoms with Crippen molar-refractivity contribution in [2.75, 3.05) is 38.7 Å². The third-order valence-electron chi connectivity index (χ3n) is 8.03. The molecule has 1 saturated carbocycles. The molecular weight excluding hydrogens is 644 g/mol. The highest BCUT2D eigenvalue weighted by molar-refractivity contribution is 8.13. The molecule has 2 aliphatic rings. The molecule has 47 heavy (non-hydrogen) atoms. The molecule has 1 aliphatic heterocycles. The highest BCUT2D eigenvalue weighted by Gasteiger charge is 2.31. The number of halogens is 1. The lowest BCUT2D eigenvalue weighted by molar-refractivity contribution is -0.133. The maximum absolute atomic E-state index is 13.8. The van der Waals surface area contributed by atoms with Crippen molar-refractivity contribution in [1.82, 2.24) is 21.3 Å². The number of carbonyl (C=O) groups excluding carboxylic acids is 5. The topological polar surface area (TPSA) is 152 Å². The van der Waals surface area contributed by atoms with E-state index >= 15 is 0 Å². The van der Waals surface area contributed by atoms with Gasteiger partial charge in [-0.2, -0.15) is 0 Å². The first-order valence-electron chi connectivity index (χ1n) is 16.0. The summed E-state index contributed by atoms with van der Waals surface area (Å²) in [6.45, 7) is 0.439. The molecule has 4 N–H and O–H groups in total. The van der Waals surface area contributed by atoms with Crippen molar-refractivity contribution in [3.8, 4) is 0 Å². The Kier molecular flexibility index (Phi) is 15.0. The highest BCUT2D eigenvalue weighted by Crippen LogP contribution is 2.29. The molecule has 1 heterocycles. The summed E-state index contributed by atoms with van der Waals surface area (Å²) in [4.78, 5) is 66.4. The second-order valence-corrected chi connectivity index (χ2v) is 13.2. The van der Waals surface area contributed by atoms with Crippen LogP contribution in [0.5, 0.6) is 0 Å². The summed E-state index contributed by atoms with van der Waals surface area (Å²) in [5, 5.41) is 11.3. The number of hydrogen-bond donors (Lipinski definition) is 4. The van der Waals surface area contributed by atoms with Gasteiger partial charge < -0.3 is 30.7 Å². The normalized spacial score (nSPS) is 23.0. The fraction of sp³-hybridized carbons (Fsp3) is 0.500. The summed E-state index contributed by atoms with van der Waals surface area (Å²) in [7, 11) is 0. The highest BCUT2D eigenvalue weighted by atomic mass is 35.5. The standard InChI is InChI=1S/C34H43ClN4O7S/c35-26-12-6-11-25(17-26)19-28-34(44)47-22-29(38-30(40)20-24-7-2-1-3-8-24)32(42)36-13-14-45-15-16-46-21-31(41)37-27(33(43)39-28)18-23-9-4-5-10-23/h1-3,6-8,11-12,17,23,27-29H,4-5,9-10,13-16,18-22H2,(H,36,42)(H,37,41)(H,38,40)(H,39,43)/t27-,28-,29+/m0/s1. The molecule has 13 heteroatoms. The van der Waals surface area contributed by atoms with Crippen molar-refractivity contribution in [3.05, 3.63) is 70.7 Å². The summed E-state index contributed by atoms with van der Waals surface area (Å²) in [5.41, 5.74) is 1.51. The van der Waals surface area contributed by atoms with Crippen LogP contribution >= 0.6 is 23.4 Å². The Labute approximate surface area is 284 Å². The largest absolute Gasteiger partial charge is 0.377 e. The average Bonchev–Trinajstić information content (AvgIpc) is 3.56. The van der Waals surface area contributed by atoms with Crippen molar-refractivity contribution in [2.24, 2.45) is 5.92 Å². The van der Waals surface area contributed by atoms with Crippen LogP contribution in [0.4, 0.5) is 0 Å². The zero-order valence-corrected chi connectivity index (χ0v) is 27.9. The van der Waals surface area contributed by atoms with Gasteiger partial charge >= 0.3 is 0 Å². The molecule has 3 atom stereocenters. The number of benzene rings is 2. The van der Waals surface area contributed by atoms with Gasteiger partial charge in [0, 0.05) is 23.7 Å². The van der Waals surface area contributed by atoms with E-state index in [1.165, 1.54) is 0 Å². The number of rotatable bonds is 7. The first-order chi connectivity index (χ1) is 22.8. The first kappa shape index (κ1) is 36.4. The zero-order chi connectivity index (χ0) is 33.4. The van der Waals surface area contributed by atoms with Gasteiger partial charge in [-0.05, 0) is 35.6 Å². The lowest BCUT2D eigenvalue weighted by Gasteiger charge is -2.25. The van der Waals surface area contributed by atoms with Crippen LogP contribution in [-0.4, -0.2) is 85.6 Å². The predicted octanol–water partition coefficient (Wildman–Crippen LogP) is 2.58. The van der Waals surface area contributed by atoms with Crippen molar-refractivity contribution < 1.29 is 33.4 Å². The monoisotopic (exact) mass is 686 g/mol. The van der Waals surface area contributed by atoms with Crippen molar-refractivity contribution in [3.63, 3.8) is 0 Å². The van der Waals surface area contributed by atoms with Crippen LogP contribution in [0.25, 0.3) is 0 Å². The molecule has 0 unspecified atom stereocenters. The fourth-order valence-electron chi connectivity index (χ4n) is 5.64. The Morgan fingerprint density at radius 3 is 2.38 bits per heavy atom. The number of nitrogens with one attached hydrogen (secondary N) is 4. The fourth-order valence-corrected chi connectivity index (χ4v) is 6.76. The van der Waals surface area contributed by atoms with E-state index in [4.69, 9.17) is 21.1 Å². The molecular formula is C34H43ClN4O7S. The van der Waals surface area contributed by atoms with E-state index in [0.29, 0.717) is 11.4 Å². The van der Waals surface area contributed by atoms with Gasteiger partial charge in [-0.3, -0.25) is 24.0 Å². The summed E-state index contributed by atoms with van der Waals surface area (Å²) in [6, 6.07) is 13.3. The molecule has 1 aliphatic carbocycles. The molecule has 11 nitrogen and oxygen atoms in total.